The topological polar surface area (TPSA) is 31.2 Å². The van der Waals surface area contributed by atoms with E-state index in [0.29, 0.717) is 0 Å². The predicted molar refractivity (Wildman–Crippen MR) is 191 cm³/mol. The number of rotatable bonds is 3. The average molecular weight is 590 g/mol. The Morgan fingerprint density at radius 2 is 1.24 bits per heavy atom. The van der Waals surface area contributed by atoms with Crippen molar-refractivity contribution in [3.63, 3.8) is 0 Å². The normalized spacial score (nSPS) is 13.0. The van der Waals surface area contributed by atoms with Gasteiger partial charge in [0.2, 0.25) is 0 Å². The molecule has 0 N–H and O–H groups in total. The molecule has 0 saturated heterocycles. The molecule has 0 unspecified atom stereocenters. The fourth-order valence-electron chi connectivity index (χ4n) is 7.32. The first-order valence-electron chi connectivity index (χ1n) is 15.7. The van der Waals surface area contributed by atoms with E-state index in [0.717, 1.165) is 56.0 Å². The Morgan fingerprint density at radius 1 is 0.522 bits per heavy atom. The highest BCUT2D eigenvalue weighted by atomic mass is 16.3. The minimum atomic E-state index is 0.886. The standard InChI is InChI=1S/C43H27NO2/c1-2-12-32-35-26-29(31-15-9-19-42-43(31)34-14-5-7-18-40(34)46-42)20-22-38(35)44(37(32)16-3-1)30-11-8-10-27(24-30)28-21-23-41-36(25-28)33-13-4-6-17-39(33)45-41/h1-2,4-26H,3H2. The summed E-state index contributed by atoms with van der Waals surface area (Å²) < 4.78 is 14.8. The van der Waals surface area contributed by atoms with Gasteiger partial charge >= 0.3 is 0 Å². The van der Waals surface area contributed by atoms with E-state index in [1.165, 1.54) is 43.7 Å². The lowest BCUT2D eigenvalue weighted by Gasteiger charge is -2.11. The summed E-state index contributed by atoms with van der Waals surface area (Å²) in [4.78, 5) is 0. The molecule has 46 heavy (non-hydrogen) atoms. The molecule has 0 saturated carbocycles. The van der Waals surface area contributed by atoms with E-state index in [9.17, 15) is 0 Å². The second-order valence-corrected chi connectivity index (χ2v) is 12.0. The molecule has 10 rings (SSSR count). The third-order valence-electron chi connectivity index (χ3n) is 9.42. The van der Waals surface area contributed by atoms with Gasteiger partial charge in [-0.2, -0.15) is 0 Å². The van der Waals surface area contributed by atoms with Gasteiger partial charge in [-0.05, 0) is 83.3 Å². The van der Waals surface area contributed by atoms with Gasteiger partial charge in [0.15, 0.2) is 0 Å². The second-order valence-electron chi connectivity index (χ2n) is 12.0. The highest BCUT2D eigenvalue weighted by molar-refractivity contribution is 6.13. The van der Waals surface area contributed by atoms with Crippen molar-refractivity contribution in [2.75, 3.05) is 0 Å². The summed E-state index contributed by atoms with van der Waals surface area (Å²) in [5.41, 5.74) is 10.7. The largest absolute Gasteiger partial charge is 0.456 e. The molecule has 3 nitrogen and oxygen atoms in total. The zero-order valence-corrected chi connectivity index (χ0v) is 24.9. The van der Waals surface area contributed by atoms with Gasteiger partial charge in [0.25, 0.3) is 0 Å². The van der Waals surface area contributed by atoms with E-state index in [4.69, 9.17) is 8.83 Å². The van der Waals surface area contributed by atoms with E-state index in [1.54, 1.807) is 0 Å². The molecule has 6 aromatic carbocycles. The molecule has 0 bridgehead atoms. The van der Waals surface area contributed by atoms with E-state index in [-0.39, 0.29) is 0 Å². The van der Waals surface area contributed by atoms with E-state index in [1.807, 2.05) is 24.3 Å². The highest BCUT2D eigenvalue weighted by Crippen LogP contribution is 2.38. The quantitative estimate of drug-likeness (QED) is 0.205. The zero-order valence-electron chi connectivity index (χ0n) is 24.9. The molecule has 216 valence electrons. The van der Waals surface area contributed by atoms with Crippen molar-refractivity contribution in [3.8, 4) is 27.9 Å². The fourth-order valence-corrected chi connectivity index (χ4v) is 7.32. The van der Waals surface area contributed by atoms with Crippen molar-refractivity contribution in [3.05, 3.63) is 150 Å². The van der Waals surface area contributed by atoms with E-state index >= 15 is 0 Å². The van der Waals surface area contributed by atoms with Crippen molar-refractivity contribution in [1.29, 1.82) is 0 Å². The number of hydrogen-bond acceptors (Lipinski definition) is 2. The van der Waals surface area contributed by atoms with E-state index in [2.05, 4.69) is 132 Å². The first-order valence-corrected chi connectivity index (χ1v) is 15.7. The molecule has 0 amide bonds. The minimum Gasteiger partial charge on any atom is -0.456 e. The molecule has 1 aliphatic rings. The van der Waals surface area contributed by atoms with Gasteiger partial charge in [0.1, 0.15) is 22.3 Å². The predicted octanol–water partition coefficient (Wildman–Crippen LogP) is 10.3. The van der Waals surface area contributed by atoms with Crippen molar-refractivity contribution in [2.45, 2.75) is 6.42 Å². The lowest BCUT2D eigenvalue weighted by atomic mass is 9.98. The van der Waals surface area contributed by atoms with Crippen LogP contribution < -0.4 is 10.6 Å². The Kier molecular flexibility index (Phi) is 5.34. The lowest BCUT2D eigenvalue weighted by Crippen LogP contribution is -2.27. The van der Waals surface area contributed by atoms with Crippen LogP contribution in [0.1, 0.15) is 6.42 Å². The molecule has 3 heteroatoms. The average Bonchev–Trinajstić information content (AvgIpc) is 3.70. The number of benzene rings is 6. The molecule has 0 atom stereocenters. The highest BCUT2D eigenvalue weighted by Gasteiger charge is 2.16. The molecular formula is C43H27NO2. The number of fused-ring (bicyclic) bond motifs is 9. The minimum absolute atomic E-state index is 0.886. The van der Waals surface area contributed by atoms with Crippen LogP contribution in [0.5, 0.6) is 0 Å². The van der Waals surface area contributed by atoms with Gasteiger partial charge in [-0.15, -0.1) is 0 Å². The summed E-state index contributed by atoms with van der Waals surface area (Å²) in [5, 5.41) is 8.28. The van der Waals surface area contributed by atoms with E-state index < -0.39 is 0 Å². The van der Waals surface area contributed by atoms with Crippen LogP contribution in [-0.2, 0) is 0 Å². The van der Waals surface area contributed by atoms with Gasteiger partial charge in [0.05, 0.1) is 10.9 Å². The maximum atomic E-state index is 6.23. The van der Waals surface area contributed by atoms with Gasteiger partial charge in [-0.1, -0.05) is 97.1 Å². The molecule has 0 fully saturated rings. The Morgan fingerprint density at radius 3 is 2.17 bits per heavy atom. The summed E-state index contributed by atoms with van der Waals surface area (Å²) in [6.45, 7) is 0. The summed E-state index contributed by atoms with van der Waals surface area (Å²) in [6, 6.07) is 45.2. The Labute approximate surface area is 264 Å². The van der Waals surface area contributed by atoms with Crippen molar-refractivity contribution in [1.82, 2.24) is 4.57 Å². The monoisotopic (exact) mass is 589 g/mol. The summed E-state index contributed by atoms with van der Waals surface area (Å²) in [5.74, 6) is 0. The van der Waals surface area contributed by atoms with Gasteiger partial charge in [-0.3, -0.25) is 0 Å². The van der Waals surface area contributed by atoms with Crippen LogP contribution in [0.15, 0.2) is 148 Å². The molecule has 3 heterocycles. The van der Waals surface area contributed by atoms with Crippen LogP contribution >= 0.6 is 0 Å². The second kappa shape index (κ2) is 9.72. The first kappa shape index (κ1) is 25.3. The van der Waals surface area contributed by atoms with Crippen molar-refractivity contribution < 1.29 is 8.83 Å². The third kappa shape index (κ3) is 3.72. The molecule has 1 aliphatic carbocycles. The SMILES string of the molecule is C1=CCC=c2c(c3cc(-c4cccc5oc6ccccc6c45)ccc3n2-c2cccc(-c3ccc4oc5ccccc5c4c3)c2)=C1. The van der Waals surface area contributed by atoms with Gasteiger partial charge in [-0.25, -0.2) is 0 Å². The van der Waals surface area contributed by atoms with Crippen LogP contribution in [0, 0.1) is 0 Å². The molecular weight excluding hydrogens is 562 g/mol. The van der Waals surface area contributed by atoms with Crippen LogP contribution in [-0.4, -0.2) is 4.57 Å². The maximum absolute atomic E-state index is 6.23. The Bertz CT molecular complexity index is 2840. The van der Waals surface area contributed by atoms with Crippen molar-refractivity contribution in [2.24, 2.45) is 0 Å². The maximum Gasteiger partial charge on any atom is 0.136 e. The number of furan rings is 2. The lowest BCUT2D eigenvalue weighted by molar-refractivity contribution is 0.668. The molecule has 0 aliphatic heterocycles. The molecule has 9 aromatic rings. The molecule has 0 radical (unpaired) electrons. The van der Waals surface area contributed by atoms with Gasteiger partial charge < -0.3 is 13.4 Å². The Balaban J connectivity index is 1.17. The summed E-state index contributed by atoms with van der Waals surface area (Å²) in [7, 11) is 0. The van der Waals surface area contributed by atoms with Crippen LogP contribution in [0.3, 0.4) is 0 Å². The fraction of sp³-hybridized carbons (Fsp3) is 0.0233. The first-order chi connectivity index (χ1) is 22.8. The molecule has 3 aromatic heterocycles. The van der Waals surface area contributed by atoms with Gasteiger partial charge in [0, 0.05) is 37.8 Å². The number of para-hydroxylation sites is 2. The Hall–Kier alpha value is -6.06. The number of hydrogen-bond donors (Lipinski definition) is 0. The summed E-state index contributed by atoms with van der Waals surface area (Å²) >= 11 is 0. The smallest absolute Gasteiger partial charge is 0.136 e. The zero-order chi connectivity index (χ0) is 30.2. The number of allylic oxidation sites excluding steroid dienone is 2. The number of nitrogens with zero attached hydrogens (tertiary/aromatic N) is 1. The van der Waals surface area contributed by atoms with Crippen LogP contribution in [0.2, 0.25) is 0 Å². The van der Waals surface area contributed by atoms with Crippen LogP contribution in [0.4, 0.5) is 0 Å². The third-order valence-corrected chi connectivity index (χ3v) is 9.42. The number of aromatic nitrogens is 1. The molecule has 0 spiro atoms. The summed E-state index contributed by atoms with van der Waals surface area (Å²) in [6.07, 6.45) is 9.90. The van der Waals surface area contributed by atoms with Crippen molar-refractivity contribution >= 4 is 66.9 Å². The van der Waals surface area contributed by atoms with Crippen LogP contribution in [0.25, 0.3) is 94.9 Å².